The van der Waals surface area contributed by atoms with Gasteiger partial charge in [0.25, 0.3) is 0 Å². The second kappa shape index (κ2) is 8.62. The van der Waals surface area contributed by atoms with Crippen molar-refractivity contribution in [1.29, 1.82) is 0 Å². The molecule has 2 N–H and O–H groups in total. The van der Waals surface area contributed by atoms with Gasteiger partial charge in [-0.25, -0.2) is 9.97 Å². The van der Waals surface area contributed by atoms with Crippen LogP contribution in [0.15, 0.2) is 55.1 Å². The van der Waals surface area contributed by atoms with Crippen molar-refractivity contribution in [1.82, 2.24) is 15.0 Å². The fraction of sp³-hybridized carbons (Fsp3) is 0.318. The number of rotatable bonds is 7. The minimum Gasteiger partial charge on any atom is -0.366 e. The third kappa shape index (κ3) is 4.82. The van der Waals surface area contributed by atoms with E-state index in [4.69, 9.17) is 0 Å². The molecular formula is C22H27N5. The number of nitrogens with one attached hydrogen (secondary N) is 2. The van der Waals surface area contributed by atoms with E-state index in [9.17, 15) is 0 Å². The molecule has 3 aromatic rings. The Morgan fingerprint density at radius 2 is 1.59 bits per heavy atom. The highest BCUT2D eigenvalue weighted by Crippen LogP contribution is 2.34. The lowest BCUT2D eigenvalue weighted by molar-refractivity contribution is 0.838. The van der Waals surface area contributed by atoms with Gasteiger partial charge in [0.2, 0.25) is 0 Å². The van der Waals surface area contributed by atoms with E-state index in [2.05, 4.69) is 71.5 Å². The normalized spacial score (nSPS) is 11.0. The van der Waals surface area contributed by atoms with E-state index in [1.165, 1.54) is 11.1 Å². The molecule has 27 heavy (non-hydrogen) atoms. The maximum absolute atomic E-state index is 4.42. The molecule has 0 bridgehead atoms. The number of hydrogen-bond acceptors (Lipinski definition) is 5. The van der Waals surface area contributed by atoms with Crippen LogP contribution >= 0.6 is 0 Å². The minimum atomic E-state index is 0.427. The average molecular weight is 361 g/mol. The zero-order valence-electron chi connectivity index (χ0n) is 16.4. The van der Waals surface area contributed by atoms with Crippen LogP contribution in [-0.4, -0.2) is 15.0 Å². The predicted octanol–water partition coefficient (Wildman–Crippen LogP) is 5.47. The summed E-state index contributed by atoms with van der Waals surface area (Å²) in [5.41, 5.74) is 4.85. The predicted molar refractivity (Wildman–Crippen MR) is 111 cm³/mol. The highest BCUT2D eigenvalue weighted by molar-refractivity contribution is 5.67. The van der Waals surface area contributed by atoms with E-state index < -0.39 is 0 Å². The van der Waals surface area contributed by atoms with Crippen molar-refractivity contribution in [2.45, 2.75) is 46.1 Å². The molecule has 0 radical (unpaired) electrons. The number of para-hydroxylation sites is 1. The Labute approximate surface area is 161 Å². The molecule has 0 aliphatic heterocycles. The minimum absolute atomic E-state index is 0.427. The monoisotopic (exact) mass is 361 g/mol. The molecule has 0 amide bonds. The Morgan fingerprint density at radius 3 is 2.22 bits per heavy atom. The van der Waals surface area contributed by atoms with Gasteiger partial charge >= 0.3 is 0 Å². The van der Waals surface area contributed by atoms with Gasteiger partial charge in [-0.05, 0) is 34.6 Å². The van der Waals surface area contributed by atoms with E-state index in [1.54, 1.807) is 12.5 Å². The van der Waals surface area contributed by atoms with E-state index in [0.29, 0.717) is 18.4 Å². The van der Waals surface area contributed by atoms with Crippen LogP contribution < -0.4 is 10.6 Å². The molecule has 0 fully saturated rings. The quantitative estimate of drug-likeness (QED) is 0.584. The standard InChI is InChI=1S/C22H27N5/c1-15(2)18-8-5-9-19(16(3)4)22(18)27-21-11-20(25-14-26-21)24-13-17-7-6-10-23-12-17/h5-12,14-16H,13H2,1-4H3,(H2,24,25,26,27). The van der Waals surface area contributed by atoms with Crippen molar-refractivity contribution >= 4 is 17.3 Å². The Morgan fingerprint density at radius 1 is 0.889 bits per heavy atom. The highest BCUT2D eigenvalue weighted by Gasteiger charge is 2.14. The van der Waals surface area contributed by atoms with Crippen LogP contribution in [0.2, 0.25) is 0 Å². The van der Waals surface area contributed by atoms with Gasteiger partial charge in [0.15, 0.2) is 0 Å². The number of aromatic nitrogens is 3. The Kier molecular flexibility index (Phi) is 6.01. The number of pyridine rings is 1. The molecular weight excluding hydrogens is 334 g/mol. The van der Waals surface area contributed by atoms with Crippen LogP contribution in [0.4, 0.5) is 17.3 Å². The van der Waals surface area contributed by atoms with Gasteiger partial charge in [-0.2, -0.15) is 0 Å². The van der Waals surface area contributed by atoms with Crippen LogP contribution in [0, 0.1) is 0 Å². The van der Waals surface area contributed by atoms with Crippen molar-refractivity contribution < 1.29 is 0 Å². The molecule has 5 nitrogen and oxygen atoms in total. The Bertz CT molecular complexity index is 849. The molecule has 0 spiro atoms. The first-order valence-corrected chi connectivity index (χ1v) is 9.39. The van der Waals surface area contributed by atoms with Crippen molar-refractivity contribution in [2.75, 3.05) is 10.6 Å². The second-order valence-corrected chi connectivity index (χ2v) is 7.25. The van der Waals surface area contributed by atoms with Gasteiger partial charge < -0.3 is 10.6 Å². The van der Waals surface area contributed by atoms with E-state index in [-0.39, 0.29) is 0 Å². The lowest BCUT2D eigenvalue weighted by Gasteiger charge is -2.20. The van der Waals surface area contributed by atoms with Gasteiger partial charge in [0.1, 0.15) is 18.0 Å². The first-order valence-electron chi connectivity index (χ1n) is 9.39. The topological polar surface area (TPSA) is 62.7 Å². The molecule has 2 heterocycles. The summed E-state index contributed by atoms with van der Waals surface area (Å²) in [5, 5.41) is 6.87. The fourth-order valence-corrected chi connectivity index (χ4v) is 3.04. The molecule has 5 heteroatoms. The fourth-order valence-electron chi connectivity index (χ4n) is 3.04. The largest absolute Gasteiger partial charge is 0.366 e. The SMILES string of the molecule is CC(C)c1cccc(C(C)C)c1Nc1cc(NCc2cccnc2)ncn1. The summed E-state index contributed by atoms with van der Waals surface area (Å²) >= 11 is 0. The molecule has 0 saturated heterocycles. The van der Waals surface area contributed by atoms with Crippen molar-refractivity contribution in [3.05, 3.63) is 71.8 Å². The van der Waals surface area contributed by atoms with E-state index >= 15 is 0 Å². The lowest BCUT2D eigenvalue weighted by Crippen LogP contribution is -2.06. The number of benzene rings is 1. The van der Waals surface area contributed by atoms with Crippen molar-refractivity contribution in [3.8, 4) is 0 Å². The zero-order valence-corrected chi connectivity index (χ0v) is 16.4. The Hall–Kier alpha value is -2.95. The number of hydrogen-bond donors (Lipinski definition) is 2. The zero-order chi connectivity index (χ0) is 19.2. The van der Waals surface area contributed by atoms with Crippen LogP contribution in [0.5, 0.6) is 0 Å². The number of anilines is 3. The summed E-state index contributed by atoms with van der Waals surface area (Å²) in [4.78, 5) is 12.9. The molecule has 140 valence electrons. The molecule has 2 aromatic heterocycles. The summed E-state index contributed by atoms with van der Waals surface area (Å²) in [6.07, 6.45) is 5.21. The molecule has 3 rings (SSSR count). The van der Waals surface area contributed by atoms with Gasteiger partial charge in [-0.3, -0.25) is 4.98 Å². The molecule has 0 aliphatic rings. The summed E-state index contributed by atoms with van der Waals surface area (Å²) < 4.78 is 0. The summed E-state index contributed by atoms with van der Waals surface area (Å²) in [7, 11) is 0. The third-order valence-electron chi connectivity index (χ3n) is 4.49. The van der Waals surface area contributed by atoms with E-state index in [0.717, 1.165) is 22.9 Å². The highest BCUT2D eigenvalue weighted by atomic mass is 15.1. The third-order valence-corrected chi connectivity index (χ3v) is 4.49. The lowest BCUT2D eigenvalue weighted by atomic mass is 9.92. The average Bonchev–Trinajstić information content (AvgIpc) is 2.67. The van der Waals surface area contributed by atoms with Crippen LogP contribution in [-0.2, 0) is 6.54 Å². The van der Waals surface area contributed by atoms with Crippen LogP contribution in [0.25, 0.3) is 0 Å². The first-order chi connectivity index (χ1) is 13.0. The molecule has 0 aliphatic carbocycles. The maximum atomic E-state index is 4.42. The maximum Gasteiger partial charge on any atom is 0.135 e. The molecule has 0 saturated carbocycles. The van der Waals surface area contributed by atoms with Gasteiger partial charge in [-0.15, -0.1) is 0 Å². The smallest absolute Gasteiger partial charge is 0.135 e. The Balaban J connectivity index is 1.82. The second-order valence-electron chi connectivity index (χ2n) is 7.25. The van der Waals surface area contributed by atoms with E-state index in [1.807, 2.05) is 24.4 Å². The van der Waals surface area contributed by atoms with Crippen LogP contribution in [0.3, 0.4) is 0 Å². The van der Waals surface area contributed by atoms with Gasteiger partial charge in [-0.1, -0.05) is 52.0 Å². The summed E-state index contributed by atoms with van der Waals surface area (Å²) in [6.45, 7) is 9.53. The summed E-state index contributed by atoms with van der Waals surface area (Å²) in [5.74, 6) is 2.42. The van der Waals surface area contributed by atoms with Crippen LogP contribution in [0.1, 0.15) is 56.2 Å². The first kappa shape index (κ1) is 18.8. The van der Waals surface area contributed by atoms with Gasteiger partial charge in [0, 0.05) is 30.7 Å². The molecule has 0 atom stereocenters. The number of nitrogens with zero attached hydrogens (tertiary/aromatic N) is 3. The van der Waals surface area contributed by atoms with Crippen molar-refractivity contribution in [2.24, 2.45) is 0 Å². The molecule has 1 aromatic carbocycles. The summed E-state index contributed by atoms with van der Waals surface area (Å²) in [6, 6.07) is 12.4. The van der Waals surface area contributed by atoms with Crippen molar-refractivity contribution in [3.63, 3.8) is 0 Å². The molecule has 0 unspecified atom stereocenters. The van der Waals surface area contributed by atoms with Gasteiger partial charge in [0.05, 0.1) is 0 Å².